The first-order valence-corrected chi connectivity index (χ1v) is 12.3. The predicted octanol–water partition coefficient (Wildman–Crippen LogP) is 3.33. The topological polar surface area (TPSA) is 160 Å². The van der Waals surface area contributed by atoms with Crippen LogP contribution in [0.3, 0.4) is 0 Å². The highest BCUT2D eigenvalue weighted by Crippen LogP contribution is 2.28. The number of para-hydroxylation sites is 1. The van der Waals surface area contributed by atoms with Gasteiger partial charge in [-0.05, 0) is 6.07 Å². The number of halogens is 3. The van der Waals surface area contributed by atoms with Crippen LogP contribution in [0.5, 0.6) is 0 Å². The van der Waals surface area contributed by atoms with Gasteiger partial charge >= 0.3 is 6.18 Å². The van der Waals surface area contributed by atoms with Crippen LogP contribution in [0.2, 0.25) is 0 Å². The van der Waals surface area contributed by atoms with Gasteiger partial charge in [-0.3, -0.25) is 10.2 Å². The number of carbonyl (C=O) groups is 1. The summed E-state index contributed by atoms with van der Waals surface area (Å²) in [5.74, 6) is -3.03. The van der Waals surface area contributed by atoms with Gasteiger partial charge in [-0.25, -0.2) is 15.0 Å². The molecular weight excluding hydrogens is 541 g/mol. The molecule has 0 radical (unpaired) electrons. The van der Waals surface area contributed by atoms with Crippen molar-refractivity contribution < 1.29 is 27.4 Å². The van der Waals surface area contributed by atoms with Crippen molar-refractivity contribution in [2.75, 3.05) is 23.8 Å². The number of aromatic nitrogens is 2. The van der Waals surface area contributed by atoms with Crippen LogP contribution in [0, 0.1) is 5.41 Å². The van der Waals surface area contributed by atoms with Gasteiger partial charge in [0, 0.05) is 23.9 Å². The van der Waals surface area contributed by atoms with Crippen molar-refractivity contribution in [2.45, 2.75) is 18.4 Å². The number of rotatable bonds is 6. The molecule has 0 saturated heterocycles. The smallest absolute Gasteiger partial charge is 0.407 e. The number of alkyl halides is 3. The van der Waals surface area contributed by atoms with Crippen molar-refractivity contribution in [3.63, 3.8) is 0 Å². The summed E-state index contributed by atoms with van der Waals surface area (Å²) >= 11 is 0. The molecule has 1 amide bonds. The number of amidine groups is 1. The van der Waals surface area contributed by atoms with E-state index in [1.807, 2.05) is 30.3 Å². The van der Waals surface area contributed by atoms with E-state index in [0.717, 1.165) is 11.8 Å². The molecule has 0 bridgehead atoms. The number of benzodiazepines with no additional fused rings is 1. The van der Waals surface area contributed by atoms with Crippen molar-refractivity contribution >= 4 is 35.0 Å². The van der Waals surface area contributed by atoms with Crippen LogP contribution in [0.4, 0.5) is 24.7 Å². The number of anilines is 2. The van der Waals surface area contributed by atoms with Crippen molar-refractivity contribution in [2.24, 2.45) is 15.7 Å². The Morgan fingerprint density at radius 1 is 1.20 bits per heavy atom. The first-order chi connectivity index (χ1) is 19.7. The Balaban J connectivity index is 1.41. The molecule has 210 valence electrons. The molecule has 3 heterocycles. The van der Waals surface area contributed by atoms with Crippen LogP contribution in [-0.2, 0) is 20.4 Å². The summed E-state index contributed by atoms with van der Waals surface area (Å²) < 4.78 is 50.5. The van der Waals surface area contributed by atoms with Gasteiger partial charge in [-0.1, -0.05) is 60.7 Å². The SMILES string of the molecule is N=C(OC(N)=NC1N=C(c2ccccc2)c2ccccc2NC1=O)c1cnc(C(F)(F)F)nc1NCC1C=CCO1. The second-order valence-electron chi connectivity index (χ2n) is 8.79. The monoisotopic (exact) mass is 564 g/mol. The molecule has 5 N–H and O–H groups in total. The third-order valence-electron chi connectivity index (χ3n) is 5.94. The summed E-state index contributed by atoms with van der Waals surface area (Å²) in [6, 6.07) is 15.6. The summed E-state index contributed by atoms with van der Waals surface area (Å²) in [4.78, 5) is 28.4. The first-order valence-electron chi connectivity index (χ1n) is 12.3. The van der Waals surface area contributed by atoms with E-state index in [1.165, 1.54) is 0 Å². The molecule has 2 aliphatic rings. The number of amides is 1. The number of aliphatic imine (C=N–C) groups is 2. The number of nitrogens with zero attached hydrogens (tertiary/aromatic N) is 4. The van der Waals surface area contributed by atoms with Crippen LogP contribution in [-0.4, -0.2) is 58.9 Å². The number of carbonyl (C=O) groups excluding carboxylic acids is 1. The highest BCUT2D eigenvalue weighted by Gasteiger charge is 2.36. The lowest BCUT2D eigenvalue weighted by molar-refractivity contribution is -0.144. The predicted molar refractivity (Wildman–Crippen MR) is 145 cm³/mol. The van der Waals surface area contributed by atoms with E-state index < -0.39 is 42.1 Å². The fourth-order valence-corrected chi connectivity index (χ4v) is 4.05. The van der Waals surface area contributed by atoms with E-state index in [2.05, 4.69) is 30.6 Å². The number of hydrogen-bond acceptors (Lipinski definition) is 9. The quantitative estimate of drug-likeness (QED) is 0.203. The van der Waals surface area contributed by atoms with Crippen LogP contribution in [0.15, 0.2) is 82.9 Å². The van der Waals surface area contributed by atoms with E-state index in [-0.39, 0.29) is 17.9 Å². The lowest BCUT2D eigenvalue weighted by atomic mass is 10.0. The average molecular weight is 565 g/mol. The van der Waals surface area contributed by atoms with Gasteiger partial charge in [-0.2, -0.15) is 18.2 Å². The molecule has 14 heteroatoms. The number of fused-ring (bicyclic) bond motifs is 1. The lowest BCUT2D eigenvalue weighted by Crippen LogP contribution is -2.30. The van der Waals surface area contributed by atoms with Crippen LogP contribution >= 0.6 is 0 Å². The normalized spacial score (nSPS) is 18.7. The Kier molecular flexibility index (Phi) is 7.74. The zero-order chi connectivity index (χ0) is 29.0. The fraction of sp³-hybridized carbons (Fsp3) is 0.185. The number of nitrogens with one attached hydrogen (secondary N) is 3. The second-order valence-corrected chi connectivity index (χ2v) is 8.79. The summed E-state index contributed by atoms with van der Waals surface area (Å²) in [6.07, 6.45) is -2.31. The molecule has 41 heavy (non-hydrogen) atoms. The van der Waals surface area contributed by atoms with Gasteiger partial charge in [0.15, 0.2) is 0 Å². The van der Waals surface area contributed by atoms with Crippen LogP contribution in [0.25, 0.3) is 0 Å². The maximum Gasteiger partial charge on any atom is 0.451 e. The Morgan fingerprint density at radius 3 is 2.68 bits per heavy atom. The van der Waals surface area contributed by atoms with E-state index >= 15 is 0 Å². The van der Waals surface area contributed by atoms with Crippen molar-refractivity contribution in [1.29, 1.82) is 5.41 Å². The van der Waals surface area contributed by atoms with E-state index in [1.54, 1.807) is 36.4 Å². The van der Waals surface area contributed by atoms with Crippen molar-refractivity contribution in [3.8, 4) is 0 Å². The van der Waals surface area contributed by atoms with Gasteiger partial charge in [0.1, 0.15) is 5.82 Å². The minimum absolute atomic E-state index is 0.0778. The maximum absolute atomic E-state index is 13.3. The minimum atomic E-state index is -4.82. The zero-order valence-electron chi connectivity index (χ0n) is 21.2. The Hall–Kier alpha value is -5.11. The van der Waals surface area contributed by atoms with E-state index in [0.29, 0.717) is 23.6 Å². The molecule has 3 aromatic rings. The number of benzene rings is 2. The van der Waals surface area contributed by atoms with Crippen molar-refractivity contribution in [1.82, 2.24) is 9.97 Å². The second kappa shape index (κ2) is 11.6. The average Bonchev–Trinajstić information content (AvgIpc) is 3.43. The molecule has 11 nitrogen and oxygen atoms in total. The fourth-order valence-electron chi connectivity index (χ4n) is 4.05. The number of nitrogens with two attached hydrogens (primary N) is 1. The highest BCUT2D eigenvalue weighted by atomic mass is 19.4. The van der Waals surface area contributed by atoms with Crippen LogP contribution < -0.4 is 16.4 Å². The Bertz CT molecular complexity index is 1560. The molecule has 2 aliphatic heterocycles. The highest BCUT2D eigenvalue weighted by molar-refractivity contribution is 6.19. The maximum atomic E-state index is 13.3. The summed E-state index contributed by atoms with van der Waals surface area (Å²) in [5.41, 5.74) is 8.10. The molecule has 0 saturated carbocycles. The van der Waals surface area contributed by atoms with E-state index in [9.17, 15) is 18.0 Å². The van der Waals surface area contributed by atoms with Gasteiger partial charge in [-0.15, -0.1) is 0 Å². The van der Waals surface area contributed by atoms with Gasteiger partial charge < -0.3 is 25.8 Å². The summed E-state index contributed by atoms with van der Waals surface area (Å²) in [5, 5.41) is 13.8. The summed E-state index contributed by atoms with van der Waals surface area (Å²) in [6.45, 7) is 0.450. The van der Waals surface area contributed by atoms with Gasteiger partial charge in [0.05, 0.1) is 29.7 Å². The molecule has 2 unspecified atom stereocenters. The molecule has 2 atom stereocenters. The van der Waals surface area contributed by atoms with Gasteiger partial charge in [0.2, 0.25) is 17.9 Å². The standard InChI is InChI=1S/C27H23F3N8O3/c28-27(29,30)25-34-14-18(22(37-25)33-13-16-9-6-12-40-16)21(31)41-26(32)38-23-24(39)35-19-11-5-4-10-17(19)20(36-23)15-7-2-1-3-8-15/h1-11,14,16,23,31H,12-13H2,(H2,32,38)(H,35,39)(H,33,34,37). The summed E-state index contributed by atoms with van der Waals surface area (Å²) in [7, 11) is 0. The van der Waals surface area contributed by atoms with Gasteiger partial charge in [0.25, 0.3) is 11.9 Å². The molecule has 5 rings (SSSR count). The van der Waals surface area contributed by atoms with Crippen LogP contribution in [0.1, 0.15) is 22.5 Å². The first kappa shape index (κ1) is 27.5. The molecule has 0 spiro atoms. The number of ether oxygens (including phenoxy) is 2. The molecule has 2 aromatic carbocycles. The third kappa shape index (κ3) is 6.38. The van der Waals surface area contributed by atoms with E-state index in [4.69, 9.17) is 20.6 Å². The molecular formula is C27H23F3N8O3. The number of hydrogen-bond donors (Lipinski definition) is 4. The Labute approximate surface area is 231 Å². The third-order valence-corrected chi connectivity index (χ3v) is 5.94. The molecule has 1 aromatic heterocycles. The minimum Gasteiger partial charge on any atom is -0.407 e. The lowest BCUT2D eigenvalue weighted by Gasteiger charge is -2.16. The molecule has 0 aliphatic carbocycles. The van der Waals surface area contributed by atoms with Crippen molar-refractivity contribution in [3.05, 3.63) is 95.5 Å². The Morgan fingerprint density at radius 2 is 1.95 bits per heavy atom. The zero-order valence-corrected chi connectivity index (χ0v) is 21.2. The largest absolute Gasteiger partial charge is 0.451 e. The molecule has 0 fully saturated rings.